The molecule has 2 rings (SSSR count). The first-order valence-electron chi connectivity index (χ1n) is 7.40. The van der Waals surface area contributed by atoms with E-state index in [4.69, 9.17) is 10.5 Å². The normalized spacial score (nSPS) is 11.4. The van der Waals surface area contributed by atoms with Gasteiger partial charge < -0.3 is 10.5 Å². The van der Waals surface area contributed by atoms with Crippen molar-refractivity contribution in [2.75, 3.05) is 5.32 Å². The van der Waals surface area contributed by atoms with Crippen LogP contribution in [0.1, 0.15) is 32.2 Å². The fraction of sp³-hybridized carbons (Fsp3) is 0.438. The zero-order valence-electron chi connectivity index (χ0n) is 14.2. The summed E-state index contributed by atoms with van der Waals surface area (Å²) in [7, 11) is 1.84. The van der Waals surface area contributed by atoms with Crippen LogP contribution in [0.3, 0.4) is 0 Å². The van der Waals surface area contributed by atoms with Gasteiger partial charge in [0.25, 0.3) is 0 Å². The summed E-state index contributed by atoms with van der Waals surface area (Å²) in [5, 5.41) is 6.92. The molecule has 0 fully saturated rings. The molecule has 0 spiro atoms. The topological polar surface area (TPSA) is 95.1 Å². The minimum atomic E-state index is -0.545. The first-order valence-corrected chi connectivity index (χ1v) is 7.40. The number of aromatic nitrogens is 3. The van der Waals surface area contributed by atoms with Gasteiger partial charge in [-0.15, -0.1) is 0 Å². The quantitative estimate of drug-likeness (QED) is 0.907. The van der Waals surface area contributed by atoms with Crippen molar-refractivity contribution in [2.24, 2.45) is 12.8 Å². The highest BCUT2D eigenvalue weighted by Gasteiger charge is 2.17. The van der Waals surface area contributed by atoms with Crippen LogP contribution >= 0.6 is 0 Å². The standard InChI is InChI=1S/C16H23N5O2/c1-10-12(20-15(22)23-16(2,3)4)6-7-13(19-10)11-9-18-21(5)14(11)8-17/h6-7,9H,8,17H2,1-5H3,(H,20,22). The first kappa shape index (κ1) is 17.0. The molecule has 0 aliphatic rings. The van der Waals surface area contributed by atoms with Crippen molar-refractivity contribution < 1.29 is 9.53 Å². The van der Waals surface area contributed by atoms with Crippen LogP contribution in [0.2, 0.25) is 0 Å². The average Bonchev–Trinajstić information content (AvgIpc) is 2.80. The maximum absolute atomic E-state index is 11.8. The molecule has 0 aliphatic heterocycles. The zero-order chi connectivity index (χ0) is 17.2. The lowest BCUT2D eigenvalue weighted by Gasteiger charge is -2.20. The van der Waals surface area contributed by atoms with Crippen LogP contribution in [0.5, 0.6) is 0 Å². The predicted octanol–water partition coefficient (Wildman–Crippen LogP) is 2.60. The Labute approximate surface area is 135 Å². The van der Waals surface area contributed by atoms with E-state index in [0.717, 1.165) is 17.0 Å². The number of amides is 1. The highest BCUT2D eigenvalue weighted by Crippen LogP contribution is 2.24. The van der Waals surface area contributed by atoms with Crippen LogP contribution in [0.15, 0.2) is 18.3 Å². The van der Waals surface area contributed by atoms with Crippen LogP contribution in [0.25, 0.3) is 11.3 Å². The summed E-state index contributed by atoms with van der Waals surface area (Å²) in [6, 6.07) is 3.63. The second kappa shape index (κ2) is 6.37. The Balaban J connectivity index is 2.23. The minimum absolute atomic E-state index is 0.379. The summed E-state index contributed by atoms with van der Waals surface area (Å²) in [4.78, 5) is 16.4. The Morgan fingerprint density at radius 1 is 1.39 bits per heavy atom. The Morgan fingerprint density at radius 3 is 2.65 bits per heavy atom. The molecule has 0 saturated carbocycles. The summed E-state index contributed by atoms with van der Waals surface area (Å²) in [6.07, 6.45) is 1.24. The van der Waals surface area contributed by atoms with Crippen molar-refractivity contribution >= 4 is 11.8 Å². The number of ether oxygens (including phenoxy) is 1. The van der Waals surface area contributed by atoms with Gasteiger partial charge in [-0.1, -0.05) is 0 Å². The summed E-state index contributed by atoms with van der Waals surface area (Å²) < 4.78 is 6.98. The number of hydrogen-bond donors (Lipinski definition) is 2. The summed E-state index contributed by atoms with van der Waals surface area (Å²) >= 11 is 0. The number of rotatable bonds is 3. The number of carbonyl (C=O) groups excluding carboxylic acids is 1. The highest BCUT2D eigenvalue weighted by molar-refractivity contribution is 5.86. The van der Waals surface area contributed by atoms with E-state index in [2.05, 4.69) is 15.4 Å². The van der Waals surface area contributed by atoms with E-state index >= 15 is 0 Å². The number of carbonyl (C=O) groups is 1. The largest absolute Gasteiger partial charge is 0.444 e. The number of pyridine rings is 1. The lowest BCUT2D eigenvalue weighted by Crippen LogP contribution is -2.27. The molecule has 3 N–H and O–H groups in total. The maximum atomic E-state index is 11.8. The highest BCUT2D eigenvalue weighted by atomic mass is 16.6. The molecule has 0 radical (unpaired) electrons. The number of nitrogens with two attached hydrogens (primary N) is 1. The Kier molecular flexibility index (Phi) is 4.70. The third-order valence-corrected chi connectivity index (χ3v) is 3.25. The second-order valence-electron chi connectivity index (χ2n) is 6.29. The SMILES string of the molecule is Cc1nc(-c2cnn(C)c2CN)ccc1NC(=O)OC(C)(C)C. The molecule has 2 heterocycles. The molecule has 1 amide bonds. The smallest absolute Gasteiger partial charge is 0.412 e. The van der Waals surface area contributed by atoms with E-state index in [1.807, 2.05) is 40.8 Å². The van der Waals surface area contributed by atoms with E-state index in [1.54, 1.807) is 16.9 Å². The number of hydrogen-bond acceptors (Lipinski definition) is 5. The van der Waals surface area contributed by atoms with Crippen LogP contribution in [-0.2, 0) is 18.3 Å². The molecule has 0 bridgehead atoms. The minimum Gasteiger partial charge on any atom is -0.444 e. The van der Waals surface area contributed by atoms with Crippen molar-refractivity contribution in [1.29, 1.82) is 0 Å². The van der Waals surface area contributed by atoms with Crippen LogP contribution in [0, 0.1) is 6.92 Å². The molecule has 0 atom stereocenters. The Hall–Kier alpha value is -2.41. The number of anilines is 1. The monoisotopic (exact) mass is 317 g/mol. The molecule has 124 valence electrons. The molecular weight excluding hydrogens is 294 g/mol. The lowest BCUT2D eigenvalue weighted by molar-refractivity contribution is 0.0635. The molecule has 0 saturated heterocycles. The van der Waals surface area contributed by atoms with Gasteiger partial charge in [-0.2, -0.15) is 5.10 Å². The maximum Gasteiger partial charge on any atom is 0.412 e. The Morgan fingerprint density at radius 2 is 2.09 bits per heavy atom. The molecule has 7 heteroatoms. The molecule has 7 nitrogen and oxygen atoms in total. The summed E-state index contributed by atoms with van der Waals surface area (Å²) in [5.74, 6) is 0. The zero-order valence-corrected chi connectivity index (χ0v) is 14.2. The van der Waals surface area contributed by atoms with Gasteiger partial charge in [0.05, 0.1) is 29.0 Å². The third-order valence-electron chi connectivity index (χ3n) is 3.25. The molecule has 0 aliphatic carbocycles. The number of nitrogens with zero attached hydrogens (tertiary/aromatic N) is 3. The van der Waals surface area contributed by atoms with Gasteiger partial charge in [0.15, 0.2) is 0 Å². The second-order valence-corrected chi connectivity index (χ2v) is 6.29. The molecule has 0 aromatic carbocycles. The van der Waals surface area contributed by atoms with Gasteiger partial charge in [0, 0.05) is 19.2 Å². The van der Waals surface area contributed by atoms with Gasteiger partial charge in [0.2, 0.25) is 0 Å². The van der Waals surface area contributed by atoms with Crippen molar-refractivity contribution in [3.63, 3.8) is 0 Å². The van der Waals surface area contributed by atoms with Crippen molar-refractivity contribution in [3.8, 4) is 11.3 Å². The number of aryl methyl sites for hydroxylation is 2. The van der Waals surface area contributed by atoms with E-state index in [9.17, 15) is 4.79 Å². The van der Waals surface area contributed by atoms with E-state index in [-0.39, 0.29) is 0 Å². The van der Waals surface area contributed by atoms with Gasteiger partial charge in [-0.3, -0.25) is 15.0 Å². The molecular formula is C16H23N5O2. The van der Waals surface area contributed by atoms with Crippen LogP contribution < -0.4 is 11.1 Å². The van der Waals surface area contributed by atoms with Crippen molar-refractivity contribution in [1.82, 2.24) is 14.8 Å². The van der Waals surface area contributed by atoms with Crippen LogP contribution in [0.4, 0.5) is 10.5 Å². The summed E-state index contributed by atoms with van der Waals surface area (Å²) in [5.41, 5.74) is 9.09. The fourth-order valence-corrected chi connectivity index (χ4v) is 2.18. The van der Waals surface area contributed by atoms with Gasteiger partial charge >= 0.3 is 6.09 Å². The lowest BCUT2D eigenvalue weighted by atomic mass is 10.1. The van der Waals surface area contributed by atoms with Crippen LogP contribution in [-0.4, -0.2) is 26.5 Å². The summed E-state index contributed by atoms with van der Waals surface area (Å²) in [6.45, 7) is 7.66. The van der Waals surface area contributed by atoms with Crippen molar-refractivity contribution in [2.45, 2.75) is 39.8 Å². The van der Waals surface area contributed by atoms with Gasteiger partial charge in [-0.25, -0.2) is 4.79 Å². The first-order chi connectivity index (χ1) is 10.7. The van der Waals surface area contributed by atoms with E-state index < -0.39 is 11.7 Å². The average molecular weight is 317 g/mol. The van der Waals surface area contributed by atoms with E-state index in [0.29, 0.717) is 17.9 Å². The van der Waals surface area contributed by atoms with Gasteiger partial charge in [0.1, 0.15) is 5.60 Å². The Bertz CT molecular complexity index is 716. The molecule has 2 aromatic rings. The number of nitrogens with one attached hydrogen (secondary N) is 1. The fourth-order valence-electron chi connectivity index (χ4n) is 2.18. The third kappa shape index (κ3) is 4.07. The molecule has 23 heavy (non-hydrogen) atoms. The predicted molar refractivity (Wildman–Crippen MR) is 88.9 cm³/mol. The molecule has 0 unspecified atom stereocenters. The van der Waals surface area contributed by atoms with E-state index in [1.165, 1.54) is 0 Å². The molecule has 2 aromatic heterocycles. The van der Waals surface area contributed by atoms with Crippen molar-refractivity contribution in [3.05, 3.63) is 29.7 Å². The van der Waals surface area contributed by atoms with Gasteiger partial charge in [-0.05, 0) is 39.8 Å².